The number of rotatable bonds is 5. The van der Waals surface area contributed by atoms with Gasteiger partial charge in [-0.05, 0) is 36.0 Å². The molecule has 0 atom stereocenters. The molecule has 0 saturated heterocycles. The Hall–Kier alpha value is -0.910. The van der Waals surface area contributed by atoms with Crippen molar-refractivity contribution in [1.29, 1.82) is 0 Å². The van der Waals surface area contributed by atoms with Gasteiger partial charge in [0.2, 0.25) is 10.0 Å². The minimum absolute atomic E-state index is 0.0850. The molecule has 4 nitrogen and oxygen atoms in total. The Bertz CT molecular complexity index is 533. The Morgan fingerprint density at radius 3 is 2.63 bits per heavy atom. The molecular weight excluding hydrogens is 262 g/mol. The van der Waals surface area contributed by atoms with Crippen LogP contribution in [0, 0.1) is 5.41 Å². The first-order valence-electron chi connectivity index (χ1n) is 6.65. The number of sulfonamides is 1. The lowest BCUT2D eigenvalue weighted by molar-refractivity contribution is 0.281. The number of hydrogen-bond acceptors (Lipinski definition) is 3. The van der Waals surface area contributed by atoms with Crippen LogP contribution < -0.4 is 4.72 Å². The lowest BCUT2D eigenvalue weighted by Crippen LogP contribution is -2.34. The molecule has 1 aromatic rings. The number of benzene rings is 1. The average molecular weight is 283 g/mol. The number of nitrogens with one attached hydrogen (secondary N) is 1. The lowest BCUT2D eigenvalue weighted by Gasteiger charge is -2.23. The second-order valence-corrected chi connectivity index (χ2v) is 7.41. The zero-order valence-corrected chi connectivity index (χ0v) is 12.0. The summed E-state index contributed by atoms with van der Waals surface area (Å²) < 4.78 is 27.1. The van der Waals surface area contributed by atoms with Crippen LogP contribution in [-0.4, -0.2) is 20.1 Å². The van der Waals surface area contributed by atoms with Gasteiger partial charge in [0.1, 0.15) is 0 Å². The molecule has 2 N–H and O–H groups in total. The molecule has 1 saturated carbocycles. The topological polar surface area (TPSA) is 66.4 Å². The molecule has 1 aromatic carbocycles. The highest BCUT2D eigenvalue weighted by atomic mass is 32.2. The molecule has 0 aromatic heterocycles. The normalized spacial score (nSPS) is 18.6. The molecule has 106 valence electrons. The minimum atomic E-state index is -3.48. The van der Waals surface area contributed by atoms with Gasteiger partial charge in [-0.3, -0.25) is 0 Å². The molecule has 0 radical (unpaired) electrons. The van der Waals surface area contributed by atoms with E-state index in [0.717, 1.165) is 12.8 Å². The van der Waals surface area contributed by atoms with Gasteiger partial charge in [-0.2, -0.15) is 0 Å². The van der Waals surface area contributed by atoms with Crippen molar-refractivity contribution < 1.29 is 13.5 Å². The summed E-state index contributed by atoms with van der Waals surface area (Å²) >= 11 is 0. The third-order valence-corrected chi connectivity index (χ3v) is 5.29. The predicted molar refractivity (Wildman–Crippen MR) is 74.1 cm³/mol. The van der Waals surface area contributed by atoms with E-state index in [-0.39, 0.29) is 16.9 Å². The lowest BCUT2D eigenvalue weighted by atomic mass is 9.89. The van der Waals surface area contributed by atoms with E-state index in [2.05, 4.69) is 11.6 Å². The van der Waals surface area contributed by atoms with E-state index in [1.54, 1.807) is 18.2 Å². The number of hydrogen-bond donors (Lipinski definition) is 2. The highest BCUT2D eigenvalue weighted by molar-refractivity contribution is 7.89. The number of aliphatic hydroxyl groups is 1. The van der Waals surface area contributed by atoms with E-state index in [1.165, 1.54) is 18.9 Å². The molecule has 0 aliphatic heterocycles. The van der Waals surface area contributed by atoms with Crippen LogP contribution in [0.3, 0.4) is 0 Å². The zero-order chi connectivity index (χ0) is 13.9. The van der Waals surface area contributed by atoms with Crippen LogP contribution in [0.25, 0.3) is 0 Å². The molecule has 1 aliphatic carbocycles. The quantitative estimate of drug-likeness (QED) is 0.869. The van der Waals surface area contributed by atoms with Crippen LogP contribution in [0.15, 0.2) is 29.2 Å². The van der Waals surface area contributed by atoms with Crippen LogP contribution in [0.1, 0.15) is 38.2 Å². The van der Waals surface area contributed by atoms with Crippen LogP contribution in [0.2, 0.25) is 0 Å². The van der Waals surface area contributed by atoms with Gasteiger partial charge in [-0.15, -0.1) is 0 Å². The molecule has 19 heavy (non-hydrogen) atoms. The molecule has 0 amide bonds. The van der Waals surface area contributed by atoms with Gasteiger partial charge in [-0.25, -0.2) is 13.1 Å². The molecule has 0 unspecified atom stereocenters. The molecular formula is C14H21NO3S. The van der Waals surface area contributed by atoms with Gasteiger partial charge < -0.3 is 5.11 Å². The highest BCUT2D eigenvalue weighted by Gasteiger charge is 2.30. The fourth-order valence-corrected chi connectivity index (χ4v) is 3.84. The van der Waals surface area contributed by atoms with E-state index >= 15 is 0 Å². The SMILES string of the molecule is CC1(CNS(=O)(=O)c2cccc(CO)c2)CCCC1. The van der Waals surface area contributed by atoms with E-state index in [0.29, 0.717) is 12.1 Å². The molecule has 0 heterocycles. The maximum absolute atomic E-state index is 12.2. The van der Waals surface area contributed by atoms with Gasteiger partial charge in [0.05, 0.1) is 11.5 Å². The van der Waals surface area contributed by atoms with Gasteiger partial charge in [0.15, 0.2) is 0 Å². The first kappa shape index (κ1) is 14.5. The predicted octanol–water partition coefficient (Wildman–Crippen LogP) is 2.04. The van der Waals surface area contributed by atoms with E-state index in [9.17, 15) is 8.42 Å². The Kier molecular flexibility index (Phi) is 4.28. The van der Waals surface area contributed by atoms with Crippen molar-refractivity contribution in [3.63, 3.8) is 0 Å². The van der Waals surface area contributed by atoms with Gasteiger partial charge >= 0.3 is 0 Å². The van der Waals surface area contributed by atoms with Gasteiger partial charge in [-0.1, -0.05) is 31.9 Å². The standard InChI is InChI=1S/C14H21NO3S/c1-14(7-2-3-8-14)11-15-19(17,18)13-6-4-5-12(9-13)10-16/h4-6,9,15-16H,2-3,7-8,10-11H2,1H3. The summed E-state index contributed by atoms with van der Waals surface area (Å²) in [6.45, 7) is 2.46. The van der Waals surface area contributed by atoms with Crippen LogP contribution in [0.5, 0.6) is 0 Å². The van der Waals surface area contributed by atoms with Crippen molar-refractivity contribution in [3.05, 3.63) is 29.8 Å². The highest BCUT2D eigenvalue weighted by Crippen LogP contribution is 2.36. The third-order valence-electron chi connectivity index (χ3n) is 3.89. The average Bonchev–Trinajstić information content (AvgIpc) is 2.84. The van der Waals surface area contributed by atoms with E-state index < -0.39 is 10.0 Å². The summed E-state index contributed by atoms with van der Waals surface area (Å²) in [6, 6.07) is 6.42. The van der Waals surface area contributed by atoms with Crippen LogP contribution in [-0.2, 0) is 16.6 Å². The van der Waals surface area contributed by atoms with Crippen molar-refractivity contribution in [3.8, 4) is 0 Å². The first-order chi connectivity index (χ1) is 8.95. The monoisotopic (exact) mass is 283 g/mol. The zero-order valence-electron chi connectivity index (χ0n) is 11.2. The summed E-state index contributed by atoms with van der Waals surface area (Å²) in [5.74, 6) is 0. The third kappa shape index (κ3) is 3.55. The van der Waals surface area contributed by atoms with Gasteiger partial charge in [0, 0.05) is 6.54 Å². The summed E-state index contributed by atoms with van der Waals surface area (Å²) in [4.78, 5) is 0.223. The van der Waals surface area contributed by atoms with Crippen LogP contribution >= 0.6 is 0 Å². The fraction of sp³-hybridized carbons (Fsp3) is 0.571. The van der Waals surface area contributed by atoms with Crippen molar-refractivity contribution in [2.24, 2.45) is 5.41 Å². The van der Waals surface area contributed by atoms with Crippen molar-refractivity contribution in [1.82, 2.24) is 4.72 Å². The Morgan fingerprint density at radius 2 is 2.00 bits per heavy atom. The van der Waals surface area contributed by atoms with Gasteiger partial charge in [0.25, 0.3) is 0 Å². The summed E-state index contributed by atoms with van der Waals surface area (Å²) in [5.41, 5.74) is 0.691. The maximum atomic E-state index is 12.2. The summed E-state index contributed by atoms with van der Waals surface area (Å²) in [7, 11) is -3.48. The molecule has 5 heteroatoms. The second-order valence-electron chi connectivity index (χ2n) is 5.65. The minimum Gasteiger partial charge on any atom is -0.392 e. The molecule has 1 aliphatic rings. The molecule has 2 rings (SSSR count). The number of aliphatic hydroxyl groups excluding tert-OH is 1. The summed E-state index contributed by atoms with van der Waals surface area (Å²) in [6.07, 6.45) is 4.51. The molecule has 0 bridgehead atoms. The molecule has 0 spiro atoms. The second kappa shape index (κ2) is 5.61. The molecule has 1 fully saturated rings. The van der Waals surface area contributed by atoms with E-state index in [4.69, 9.17) is 5.11 Å². The van der Waals surface area contributed by atoms with Crippen LogP contribution in [0.4, 0.5) is 0 Å². The Labute approximate surface area is 114 Å². The van der Waals surface area contributed by atoms with Crippen molar-refractivity contribution in [2.75, 3.05) is 6.54 Å². The smallest absolute Gasteiger partial charge is 0.240 e. The first-order valence-corrected chi connectivity index (χ1v) is 8.13. The largest absolute Gasteiger partial charge is 0.392 e. The maximum Gasteiger partial charge on any atom is 0.240 e. The van der Waals surface area contributed by atoms with E-state index in [1.807, 2.05) is 0 Å². The van der Waals surface area contributed by atoms with Crippen molar-refractivity contribution in [2.45, 2.75) is 44.1 Å². The summed E-state index contributed by atoms with van der Waals surface area (Å²) in [5, 5.41) is 9.06. The fourth-order valence-electron chi connectivity index (χ4n) is 2.57. The Balaban J connectivity index is 2.09. The Morgan fingerprint density at radius 1 is 1.32 bits per heavy atom. The van der Waals surface area contributed by atoms with Crippen molar-refractivity contribution >= 4 is 10.0 Å².